The number of carboxylic acids is 1. The molecule has 0 amide bonds. The Balaban J connectivity index is 1.37. The van der Waals surface area contributed by atoms with Gasteiger partial charge in [0.25, 0.3) is 0 Å². The van der Waals surface area contributed by atoms with Gasteiger partial charge in [-0.3, -0.25) is 9.78 Å². The van der Waals surface area contributed by atoms with E-state index in [0.29, 0.717) is 35.2 Å². The van der Waals surface area contributed by atoms with E-state index in [4.69, 9.17) is 16.3 Å². The molecule has 1 saturated heterocycles. The molecule has 9 heteroatoms. The maximum absolute atomic E-state index is 15.6. The number of pyridine rings is 1. The van der Waals surface area contributed by atoms with Gasteiger partial charge in [0.2, 0.25) is 0 Å². The van der Waals surface area contributed by atoms with Gasteiger partial charge in [0.15, 0.2) is 0 Å². The van der Waals surface area contributed by atoms with Gasteiger partial charge in [0.05, 0.1) is 17.6 Å². The molecule has 0 saturated carbocycles. The number of thioether (sulfide) groups is 1. The molecule has 1 aliphatic heterocycles. The molecule has 0 aliphatic carbocycles. The van der Waals surface area contributed by atoms with Crippen LogP contribution in [-0.2, 0) is 4.79 Å². The number of carbonyl (C=O) groups is 1. The van der Waals surface area contributed by atoms with Crippen molar-refractivity contribution in [2.75, 3.05) is 32.5 Å². The van der Waals surface area contributed by atoms with Crippen LogP contribution in [-0.4, -0.2) is 53.5 Å². The molecule has 0 bridgehead atoms. The lowest BCUT2D eigenvalue weighted by atomic mass is 9.79. The van der Waals surface area contributed by atoms with Crippen LogP contribution < -0.4 is 4.74 Å². The zero-order chi connectivity index (χ0) is 26.4. The number of hydrogen-bond acceptors (Lipinski definition) is 5. The average Bonchev–Trinajstić information content (AvgIpc) is 2.87. The highest BCUT2D eigenvalue weighted by atomic mass is 35.5. The highest BCUT2D eigenvalue weighted by Crippen LogP contribution is 2.39. The molecule has 4 rings (SSSR count). The predicted octanol–water partition coefficient (Wildman–Crippen LogP) is 7.03. The quantitative estimate of drug-likeness (QED) is 0.259. The molecule has 2 aromatic carbocycles. The molecule has 37 heavy (non-hydrogen) atoms. The van der Waals surface area contributed by atoms with Gasteiger partial charge in [-0.15, -0.1) is 11.8 Å². The summed E-state index contributed by atoms with van der Waals surface area (Å²) in [6.07, 6.45) is 1.89. The van der Waals surface area contributed by atoms with Crippen LogP contribution >= 0.6 is 23.4 Å². The third-order valence-corrected chi connectivity index (χ3v) is 8.33. The number of fused-ring (bicyclic) bond motifs is 1. The summed E-state index contributed by atoms with van der Waals surface area (Å²) in [5, 5.41) is 10.4. The lowest BCUT2D eigenvalue weighted by Gasteiger charge is -2.38. The van der Waals surface area contributed by atoms with E-state index in [1.165, 1.54) is 18.3 Å². The average molecular weight is 549 g/mol. The number of ether oxygens (including phenoxy) is 1. The molecule has 1 fully saturated rings. The number of halogens is 3. The van der Waals surface area contributed by atoms with E-state index in [9.17, 15) is 14.3 Å². The van der Waals surface area contributed by atoms with Crippen LogP contribution in [0.25, 0.3) is 10.9 Å². The minimum Gasteiger partial charge on any atom is -0.497 e. The van der Waals surface area contributed by atoms with Crippen LogP contribution in [0.4, 0.5) is 8.78 Å². The van der Waals surface area contributed by atoms with Gasteiger partial charge in [-0.1, -0.05) is 17.7 Å². The highest BCUT2D eigenvalue weighted by molar-refractivity contribution is 7.99. The fourth-order valence-electron chi connectivity index (χ4n) is 5.16. The zero-order valence-corrected chi connectivity index (χ0v) is 22.3. The largest absolute Gasteiger partial charge is 0.497 e. The van der Waals surface area contributed by atoms with E-state index in [1.807, 2.05) is 6.07 Å². The lowest BCUT2D eigenvalue weighted by molar-refractivity contribution is -0.139. The Morgan fingerprint density at radius 3 is 2.89 bits per heavy atom. The number of nitrogens with zero attached hydrogens (tertiary/aromatic N) is 2. The maximum Gasteiger partial charge on any atom is 0.303 e. The van der Waals surface area contributed by atoms with Crippen LogP contribution in [0.15, 0.2) is 53.6 Å². The maximum atomic E-state index is 15.6. The number of aliphatic carboxylic acids is 1. The molecule has 5 nitrogen and oxygen atoms in total. The number of benzene rings is 2. The molecule has 1 aliphatic rings. The van der Waals surface area contributed by atoms with Crippen LogP contribution in [0.3, 0.4) is 0 Å². The molecular formula is C28H31ClF2N2O3S. The van der Waals surface area contributed by atoms with Gasteiger partial charge in [-0.2, -0.15) is 0 Å². The number of carboxylic acid groups (broad SMARTS) is 1. The Morgan fingerprint density at radius 2 is 2.14 bits per heavy atom. The van der Waals surface area contributed by atoms with E-state index in [-0.39, 0.29) is 35.5 Å². The molecule has 2 heterocycles. The predicted molar refractivity (Wildman–Crippen MR) is 144 cm³/mol. The Hall–Kier alpha value is -2.42. The summed E-state index contributed by atoms with van der Waals surface area (Å²) >= 11 is 7.97. The van der Waals surface area contributed by atoms with Crippen molar-refractivity contribution in [2.24, 2.45) is 11.8 Å². The smallest absolute Gasteiger partial charge is 0.303 e. The third-order valence-electron chi connectivity index (χ3n) is 7.06. The number of rotatable bonds is 11. The molecule has 0 spiro atoms. The molecule has 3 aromatic rings. The van der Waals surface area contributed by atoms with Gasteiger partial charge in [0, 0.05) is 47.3 Å². The monoisotopic (exact) mass is 548 g/mol. The SMILES string of the molecule is COc1ccc2ncc(Cl)c([C@@H](F)CC[C@@H]3CCN(CCSc4cccc(F)c4)C[C@H]3CC(=O)O)c2c1. The van der Waals surface area contributed by atoms with Crippen LogP contribution in [0.1, 0.15) is 37.4 Å². The van der Waals surface area contributed by atoms with Gasteiger partial charge in [-0.05, 0) is 74.0 Å². The second-order valence-electron chi connectivity index (χ2n) is 9.46. The Kier molecular flexibility index (Phi) is 9.62. The first-order valence-electron chi connectivity index (χ1n) is 12.4. The second kappa shape index (κ2) is 12.9. The summed E-state index contributed by atoms with van der Waals surface area (Å²) < 4.78 is 34.3. The standard InChI is InChI=1S/C28H31ClF2N2O3S/c1-36-21-6-8-26-23(15-21)28(24(29)16-32-26)25(31)7-5-18-9-10-33(17-19(18)13-27(34)35)11-12-37-22-4-2-3-20(30)14-22/h2-4,6,8,14-16,18-19,25H,5,7,9-13,17H2,1H3,(H,34,35)/t18-,19-,25+/m1/s1. The fraction of sp³-hybridized carbons (Fsp3) is 0.429. The minimum atomic E-state index is -1.30. The van der Waals surface area contributed by atoms with Crippen molar-refractivity contribution in [2.45, 2.75) is 36.8 Å². The number of methoxy groups -OCH3 is 1. The molecule has 198 valence electrons. The van der Waals surface area contributed by atoms with Gasteiger partial charge in [0.1, 0.15) is 17.7 Å². The summed E-state index contributed by atoms with van der Waals surface area (Å²) in [6.45, 7) is 2.28. The lowest BCUT2D eigenvalue weighted by Crippen LogP contribution is -2.42. The second-order valence-corrected chi connectivity index (χ2v) is 11.0. The Morgan fingerprint density at radius 1 is 1.30 bits per heavy atom. The van der Waals surface area contributed by atoms with Crippen LogP contribution in [0.5, 0.6) is 5.75 Å². The fourth-order valence-corrected chi connectivity index (χ4v) is 6.39. The van der Waals surface area contributed by atoms with Crippen molar-refractivity contribution in [3.8, 4) is 5.75 Å². The van der Waals surface area contributed by atoms with Gasteiger partial charge < -0.3 is 14.7 Å². The Bertz CT molecular complexity index is 1230. The van der Waals surface area contributed by atoms with E-state index in [2.05, 4.69) is 9.88 Å². The summed E-state index contributed by atoms with van der Waals surface area (Å²) in [7, 11) is 1.56. The molecular weight excluding hydrogens is 518 g/mol. The van der Waals surface area contributed by atoms with Crippen molar-refractivity contribution < 1.29 is 23.4 Å². The summed E-state index contributed by atoms with van der Waals surface area (Å²) in [4.78, 5) is 19.0. The first-order chi connectivity index (χ1) is 17.8. The van der Waals surface area contributed by atoms with Crippen molar-refractivity contribution in [1.29, 1.82) is 0 Å². The van der Waals surface area contributed by atoms with Gasteiger partial charge in [-0.25, -0.2) is 8.78 Å². The molecule has 1 aromatic heterocycles. The van der Waals surface area contributed by atoms with Crippen LogP contribution in [0.2, 0.25) is 5.02 Å². The van der Waals surface area contributed by atoms with Crippen molar-refractivity contribution >= 4 is 40.2 Å². The van der Waals surface area contributed by atoms with E-state index >= 15 is 4.39 Å². The third kappa shape index (κ3) is 7.33. The van der Waals surface area contributed by atoms with Crippen molar-refractivity contribution in [1.82, 2.24) is 9.88 Å². The number of likely N-dealkylation sites (tertiary alicyclic amines) is 1. The summed E-state index contributed by atoms with van der Waals surface area (Å²) in [6, 6.07) is 11.8. The molecule has 0 radical (unpaired) electrons. The number of hydrogen-bond donors (Lipinski definition) is 1. The van der Waals surface area contributed by atoms with Gasteiger partial charge >= 0.3 is 5.97 Å². The van der Waals surface area contributed by atoms with E-state index < -0.39 is 12.1 Å². The molecule has 1 N–H and O–H groups in total. The topological polar surface area (TPSA) is 62.7 Å². The normalized spacial score (nSPS) is 19.1. The molecule has 0 unspecified atom stereocenters. The van der Waals surface area contributed by atoms with Crippen molar-refractivity contribution in [3.05, 3.63) is 65.1 Å². The number of aromatic nitrogens is 1. The number of alkyl halides is 1. The van der Waals surface area contributed by atoms with E-state index in [1.54, 1.807) is 43.1 Å². The van der Waals surface area contributed by atoms with E-state index in [0.717, 1.165) is 30.2 Å². The first-order valence-corrected chi connectivity index (χ1v) is 13.8. The summed E-state index contributed by atoms with van der Waals surface area (Å²) in [5.41, 5.74) is 1.06. The highest BCUT2D eigenvalue weighted by Gasteiger charge is 2.31. The zero-order valence-electron chi connectivity index (χ0n) is 20.7. The molecule has 3 atom stereocenters. The van der Waals surface area contributed by atoms with Crippen LogP contribution in [0, 0.1) is 17.7 Å². The minimum absolute atomic E-state index is 0.0534. The number of piperidine rings is 1. The summed E-state index contributed by atoms with van der Waals surface area (Å²) in [5.74, 6) is 0.369. The van der Waals surface area contributed by atoms with Crippen molar-refractivity contribution in [3.63, 3.8) is 0 Å². The first kappa shape index (κ1) is 27.6. The Labute approximate surface area is 225 Å².